The summed E-state index contributed by atoms with van der Waals surface area (Å²) in [4.78, 5) is 31.4. The SMILES string of the molecule is CC1=C(C/C=C\CC(=O)NNC(=O)c2ccccc2)Sc2ccccc2C(c2ccc(Br)cc2)=N1. The predicted octanol–water partition coefficient (Wildman–Crippen LogP) is 6.42. The largest absolute Gasteiger partial charge is 0.273 e. The molecule has 0 fully saturated rings. The van der Waals surface area contributed by atoms with Gasteiger partial charge in [0.1, 0.15) is 0 Å². The summed E-state index contributed by atoms with van der Waals surface area (Å²) in [7, 11) is 0. The topological polar surface area (TPSA) is 70.6 Å². The van der Waals surface area contributed by atoms with Crippen LogP contribution in [0.2, 0.25) is 0 Å². The highest BCUT2D eigenvalue weighted by molar-refractivity contribution is 9.10. The van der Waals surface area contributed by atoms with Crippen molar-refractivity contribution in [1.29, 1.82) is 0 Å². The minimum atomic E-state index is -0.350. The van der Waals surface area contributed by atoms with E-state index in [4.69, 9.17) is 4.99 Å². The Hall–Kier alpha value is -3.42. The van der Waals surface area contributed by atoms with Crippen LogP contribution in [0.3, 0.4) is 0 Å². The maximum absolute atomic E-state index is 12.1. The number of nitrogens with one attached hydrogen (secondary N) is 2. The highest BCUT2D eigenvalue weighted by Gasteiger charge is 2.18. The van der Waals surface area contributed by atoms with Crippen molar-refractivity contribution in [3.05, 3.63) is 123 Å². The van der Waals surface area contributed by atoms with Crippen molar-refractivity contribution in [2.45, 2.75) is 24.7 Å². The van der Waals surface area contributed by atoms with Crippen molar-refractivity contribution in [2.24, 2.45) is 4.99 Å². The molecule has 1 aliphatic heterocycles. The van der Waals surface area contributed by atoms with Gasteiger partial charge in [-0.1, -0.05) is 88.4 Å². The molecule has 0 unspecified atom stereocenters. The molecular formula is C28H24BrN3O2S. The van der Waals surface area contributed by atoms with E-state index in [0.717, 1.165) is 36.8 Å². The van der Waals surface area contributed by atoms with Crippen LogP contribution in [0, 0.1) is 0 Å². The number of aliphatic imine (C=N–C) groups is 1. The third kappa shape index (κ3) is 6.59. The smallest absolute Gasteiger partial charge is 0.269 e. The highest BCUT2D eigenvalue weighted by atomic mass is 79.9. The number of benzene rings is 3. The molecular weight excluding hydrogens is 522 g/mol. The van der Waals surface area contributed by atoms with Gasteiger partial charge in [-0.15, -0.1) is 0 Å². The first kappa shape index (κ1) is 24.7. The number of thioether (sulfide) groups is 1. The second kappa shape index (κ2) is 11.8. The Bertz CT molecular complexity index is 1320. The van der Waals surface area contributed by atoms with E-state index in [1.165, 1.54) is 0 Å². The van der Waals surface area contributed by atoms with E-state index in [1.54, 1.807) is 42.1 Å². The third-order valence-corrected chi connectivity index (χ3v) is 7.11. The fraction of sp³-hybridized carbons (Fsp3) is 0.107. The predicted molar refractivity (Wildman–Crippen MR) is 145 cm³/mol. The van der Waals surface area contributed by atoms with Gasteiger partial charge in [-0.25, -0.2) is 0 Å². The second-order valence-corrected chi connectivity index (χ2v) is 9.87. The fourth-order valence-electron chi connectivity index (χ4n) is 3.49. The number of halogens is 1. The van der Waals surface area contributed by atoms with Gasteiger partial charge in [-0.2, -0.15) is 0 Å². The molecule has 0 radical (unpaired) electrons. The average Bonchev–Trinajstić information content (AvgIpc) is 3.02. The van der Waals surface area contributed by atoms with Crippen LogP contribution in [-0.2, 0) is 4.79 Å². The monoisotopic (exact) mass is 545 g/mol. The van der Waals surface area contributed by atoms with Crippen molar-refractivity contribution in [2.75, 3.05) is 0 Å². The summed E-state index contributed by atoms with van der Waals surface area (Å²) in [6.07, 6.45) is 4.59. The fourth-order valence-corrected chi connectivity index (χ4v) is 4.81. The normalized spacial score (nSPS) is 13.1. The lowest BCUT2D eigenvalue weighted by molar-refractivity contribution is -0.121. The summed E-state index contributed by atoms with van der Waals surface area (Å²) in [5, 5.41) is 0. The second-order valence-electron chi connectivity index (χ2n) is 7.82. The molecule has 2 N–H and O–H groups in total. The van der Waals surface area contributed by atoms with Gasteiger partial charge in [-0.05, 0) is 43.7 Å². The van der Waals surface area contributed by atoms with Crippen molar-refractivity contribution in [1.82, 2.24) is 10.9 Å². The number of allylic oxidation sites excluding steroid dienone is 3. The van der Waals surface area contributed by atoms with Gasteiger partial charge >= 0.3 is 0 Å². The van der Waals surface area contributed by atoms with Crippen LogP contribution < -0.4 is 10.9 Å². The Kier molecular flexibility index (Phi) is 8.34. The molecule has 4 rings (SSSR count). The van der Waals surface area contributed by atoms with E-state index in [-0.39, 0.29) is 18.2 Å². The standard InChI is InChI=1S/C28H24BrN3O2S/c1-19-24(12-7-8-14-26(33)31-32-28(34)21-9-3-2-4-10-21)35-25-13-6-5-11-23(25)27(30-19)20-15-17-22(29)18-16-20/h2-11,13,15-18H,12,14H2,1H3,(H,31,33)(H,32,34)/b8-7-. The van der Waals surface area contributed by atoms with Crippen LogP contribution in [0.5, 0.6) is 0 Å². The lowest BCUT2D eigenvalue weighted by atomic mass is 10.0. The molecule has 1 aliphatic rings. The zero-order valence-electron chi connectivity index (χ0n) is 19.1. The number of hydrazine groups is 1. The van der Waals surface area contributed by atoms with E-state index >= 15 is 0 Å². The van der Waals surface area contributed by atoms with Crippen molar-refractivity contribution in [3.8, 4) is 0 Å². The summed E-state index contributed by atoms with van der Waals surface area (Å²) in [6, 6.07) is 25.2. The summed E-state index contributed by atoms with van der Waals surface area (Å²) in [5.41, 5.74) is 9.43. The quantitative estimate of drug-likeness (QED) is 0.277. The first-order chi connectivity index (χ1) is 17.0. The summed E-state index contributed by atoms with van der Waals surface area (Å²) in [6.45, 7) is 2.02. The first-order valence-corrected chi connectivity index (χ1v) is 12.7. The van der Waals surface area contributed by atoms with Crippen LogP contribution in [0.25, 0.3) is 0 Å². The number of amides is 2. The minimum absolute atomic E-state index is 0.163. The maximum Gasteiger partial charge on any atom is 0.269 e. The van der Waals surface area contributed by atoms with Crippen LogP contribution in [0.15, 0.2) is 116 Å². The number of nitrogens with zero attached hydrogens (tertiary/aromatic N) is 1. The molecule has 0 atom stereocenters. The minimum Gasteiger partial charge on any atom is -0.273 e. The molecule has 3 aromatic carbocycles. The molecule has 1 heterocycles. The van der Waals surface area contributed by atoms with E-state index < -0.39 is 0 Å². The van der Waals surface area contributed by atoms with Gasteiger partial charge in [0.25, 0.3) is 5.91 Å². The average molecular weight is 546 g/mol. The van der Waals surface area contributed by atoms with Gasteiger partial charge in [0.05, 0.1) is 5.71 Å². The number of rotatable bonds is 6. The molecule has 176 valence electrons. The van der Waals surface area contributed by atoms with E-state index in [2.05, 4.69) is 51.0 Å². The van der Waals surface area contributed by atoms with Gasteiger partial charge in [0.2, 0.25) is 5.91 Å². The molecule has 2 amide bonds. The van der Waals surface area contributed by atoms with Crippen LogP contribution in [-0.4, -0.2) is 17.5 Å². The van der Waals surface area contributed by atoms with Gasteiger partial charge in [0.15, 0.2) is 0 Å². The Morgan fingerprint density at radius 3 is 2.40 bits per heavy atom. The van der Waals surface area contributed by atoms with E-state index in [9.17, 15) is 9.59 Å². The van der Waals surface area contributed by atoms with Crippen molar-refractivity contribution < 1.29 is 9.59 Å². The molecule has 0 aromatic heterocycles. The molecule has 0 bridgehead atoms. The van der Waals surface area contributed by atoms with Crippen molar-refractivity contribution in [3.63, 3.8) is 0 Å². The number of carbonyl (C=O) groups is 2. The van der Waals surface area contributed by atoms with E-state index in [1.807, 2.05) is 43.3 Å². The maximum atomic E-state index is 12.1. The summed E-state index contributed by atoms with van der Waals surface area (Å²) >= 11 is 5.21. The van der Waals surface area contributed by atoms with Gasteiger partial charge < -0.3 is 0 Å². The molecule has 5 nitrogen and oxygen atoms in total. The number of hydrogen-bond acceptors (Lipinski definition) is 4. The lowest BCUT2D eigenvalue weighted by Crippen LogP contribution is -2.41. The zero-order valence-corrected chi connectivity index (χ0v) is 21.5. The van der Waals surface area contributed by atoms with Crippen LogP contribution in [0.4, 0.5) is 0 Å². The first-order valence-electron chi connectivity index (χ1n) is 11.1. The molecule has 0 spiro atoms. The Morgan fingerprint density at radius 2 is 1.63 bits per heavy atom. The molecule has 3 aromatic rings. The van der Waals surface area contributed by atoms with E-state index in [0.29, 0.717) is 12.0 Å². The van der Waals surface area contributed by atoms with Gasteiger partial charge in [-0.3, -0.25) is 25.4 Å². The third-order valence-electron chi connectivity index (χ3n) is 5.30. The molecule has 0 saturated heterocycles. The summed E-state index contributed by atoms with van der Waals surface area (Å²) < 4.78 is 1.03. The van der Waals surface area contributed by atoms with Crippen LogP contribution >= 0.6 is 27.7 Å². The lowest BCUT2D eigenvalue weighted by Gasteiger charge is -2.09. The number of carbonyl (C=O) groups excluding carboxylic acids is 2. The Morgan fingerprint density at radius 1 is 0.914 bits per heavy atom. The zero-order chi connectivity index (χ0) is 24.6. The number of hydrogen-bond donors (Lipinski definition) is 2. The molecule has 35 heavy (non-hydrogen) atoms. The number of fused-ring (bicyclic) bond motifs is 1. The van der Waals surface area contributed by atoms with Gasteiger partial charge in [0, 0.05) is 43.1 Å². The highest BCUT2D eigenvalue weighted by Crippen LogP contribution is 2.38. The molecule has 0 saturated carbocycles. The molecule has 0 aliphatic carbocycles. The Balaban J connectivity index is 1.40. The Labute approximate surface area is 217 Å². The van der Waals surface area contributed by atoms with Crippen molar-refractivity contribution >= 4 is 45.2 Å². The van der Waals surface area contributed by atoms with Crippen LogP contribution in [0.1, 0.15) is 41.3 Å². The molecule has 7 heteroatoms. The summed E-state index contributed by atoms with van der Waals surface area (Å²) in [5.74, 6) is -0.637.